The molecule has 1 saturated heterocycles. The first-order chi connectivity index (χ1) is 11.9. The summed E-state index contributed by atoms with van der Waals surface area (Å²) in [5, 5.41) is 25.7. The highest BCUT2D eigenvalue weighted by atomic mass is 79.9. The van der Waals surface area contributed by atoms with Crippen molar-refractivity contribution in [1.82, 2.24) is 5.01 Å². The monoisotopic (exact) mass is 405 g/mol. The largest absolute Gasteiger partial charge is 0.502 e. The van der Waals surface area contributed by atoms with Crippen LogP contribution >= 0.6 is 15.9 Å². The van der Waals surface area contributed by atoms with E-state index in [1.165, 1.54) is 6.07 Å². The number of carbonyl (C=O) groups is 2. The number of carbonyl (C=O) groups excluding carboxylic acids is 2. The first-order valence-electron chi connectivity index (χ1n) is 7.65. The van der Waals surface area contributed by atoms with E-state index in [4.69, 9.17) is 0 Å². The number of fused-ring (bicyclic) bond motifs is 5. The maximum atomic E-state index is 12.5. The predicted molar refractivity (Wildman–Crippen MR) is 89.6 cm³/mol. The molecule has 3 aliphatic rings. The molecule has 1 aliphatic heterocycles. The van der Waals surface area contributed by atoms with E-state index in [2.05, 4.69) is 21.0 Å². The van der Waals surface area contributed by atoms with Crippen LogP contribution in [0.5, 0.6) is 5.75 Å². The van der Waals surface area contributed by atoms with Gasteiger partial charge in [0.05, 0.1) is 23.0 Å². The molecule has 4 atom stereocenters. The summed E-state index contributed by atoms with van der Waals surface area (Å²) in [6.45, 7) is 0. The van der Waals surface area contributed by atoms with E-state index in [0.717, 1.165) is 23.7 Å². The normalized spacial score (nSPS) is 29.9. The van der Waals surface area contributed by atoms with E-state index >= 15 is 0 Å². The second-order valence-electron chi connectivity index (χ2n) is 6.35. The van der Waals surface area contributed by atoms with E-state index in [1.54, 1.807) is 0 Å². The van der Waals surface area contributed by atoms with E-state index in [1.807, 2.05) is 12.2 Å². The van der Waals surface area contributed by atoms with Crippen molar-refractivity contribution in [3.63, 3.8) is 0 Å². The molecule has 1 saturated carbocycles. The predicted octanol–water partition coefficient (Wildman–Crippen LogP) is 2.20. The number of imide groups is 1. The number of hydrazone groups is 1. The SMILES string of the molecule is O=C1[C@@H]2[C@H](C(=O)N1/N=C\c1cc(Br)cc([N+](=O)[O-])c1O)[C@@H]1C=C[C@@H]2C1. The van der Waals surface area contributed by atoms with Crippen molar-refractivity contribution in [3.8, 4) is 5.75 Å². The third-order valence-corrected chi connectivity index (χ3v) is 5.50. The molecule has 8 nitrogen and oxygen atoms in total. The van der Waals surface area contributed by atoms with E-state index in [0.29, 0.717) is 4.47 Å². The summed E-state index contributed by atoms with van der Waals surface area (Å²) < 4.78 is 0.372. The fraction of sp³-hybridized carbons (Fsp3) is 0.312. The Morgan fingerprint density at radius 1 is 1.24 bits per heavy atom. The van der Waals surface area contributed by atoms with Gasteiger partial charge in [-0.2, -0.15) is 10.1 Å². The van der Waals surface area contributed by atoms with Crippen LogP contribution in [0.1, 0.15) is 12.0 Å². The van der Waals surface area contributed by atoms with E-state index in [9.17, 15) is 24.8 Å². The average Bonchev–Trinajstić information content (AvgIpc) is 3.23. The molecule has 2 aliphatic carbocycles. The first-order valence-corrected chi connectivity index (χ1v) is 8.45. The van der Waals surface area contributed by atoms with Gasteiger partial charge in [-0.1, -0.05) is 28.1 Å². The summed E-state index contributed by atoms with van der Waals surface area (Å²) in [6.07, 6.45) is 5.88. The zero-order valence-electron chi connectivity index (χ0n) is 12.7. The number of hydrogen-bond donors (Lipinski definition) is 1. The lowest BCUT2D eigenvalue weighted by atomic mass is 9.85. The minimum absolute atomic E-state index is 0.0415. The van der Waals surface area contributed by atoms with Gasteiger partial charge in [0.15, 0.2) is 0 Å². The number of rotatable bonds is 3. The molecule has 9 heteroatoms. The minimum atomic E-state index is -0.725. The van der Waals surface area contributed by atoms with Crippen LogP contribution in [0.25, 0.3) is 0 Å². The van der Waals surface area contributed by atoms with Crippen molar-refractivity contribution < 1.29 is 19.6 Å². The maximum Gasteiger partial charge on any atom is 0.312 e. The van der Waals surface area contributed by atoms with Crippen LogP contribution in [0, 0.1) is 33.8 Å². The summed E-state index contributed by atoms with van der Waals surface area (Å²) in [7, 11) is 0. The van der Waals surface area contributed by atoms with Gasteiger partial charge in [-0.3, -0.25) is 19.7 Å². The molecule has 1 heterocycles. The molecule has 2 amide bonds. The fourth-order valence-electron chi connectivity index (χ4n) is 3.96. The molecule has 2 bridgehead atoms. The van der Waals surface area contributed by atoms with Crippen molar-refractivity contribution in [1.29, 1.82) is 0 Å². The maximum absolute atomic E-state index is 12.5. The molecule has 4 rings (SSSR count). The van der Waals surface area contributed by atoms with Crippen LogP contribution in [-0.2, 0) is 9.59 Å². The summed E-state index contributed by atoms with van der Waals surface area (Å²) >= 11 is 3.12. The molecule has 25 heavy (non-hydrogen) atoms. The van der Waals surface area contributed by atoms with Gasteiger partial charge in [-0.25, -0.2) is 0 Å². The van der Waals surface area contributed by atoms with Crippen LogP contribution in [-0.4, -0.2) is 33.1 Å². The first kappa shape index (κ1) is 15.9. The Bertz CT molecular complexity index is 851. The van der Waals surface area contributed by atoms with Crippen molar-refractivity contribution in [3.05, 3.63) is 44.4 Å². The van der Waals surface area contributed by atoms with Gasteiger partial charge >= 0.3 is 5.69 Å². The quantitative estimate of drug-likeness (QED) is 0.272. The van der Waals surface area contributed by atoms with Crippen LogP contribution in [0.4, 0.5) is 5.69 Å². The number of halogens is 1. The Hall–Kier alpha value is -2.55. The van der Waals surface area contributed by atoms with Gasteiger partial charge in [-0.15, -0.1) is 0 Å². The smallest absolute Gasteiger partial charge is 0.312 e. The summed E-state index contributed by atoms with van der Waals surface area (Å²) in [5.74, 6) is -1.87. The van der Waals surface area contributed by atoms with E-state index < -0.39 is 16.4 Å². The van der Waals surface area contributed by atoms with Gasteiger partial charge in [-0.05, 0) is 24.3 Å². The van der Waals surface area contributed by atoms with Gasteiger partial charge in [0.25, 0.3) is 11.8 Å². The average molecular weight is 406 g/mol. The molecule has 0 radical (unpaired) electrons. The number of phenolic OH excluding ortho intramolecular Hbond substituents is 1. The Morgan fingerprint density at radius 2 is 1.84 bits per heavy atom. The van der Waals surface area contributed by atoms with Crippen molar-refractivity contribution in [2.45, 2.75) is 6.42 Å². The number of allylic oxidation sites excluding steroid dienone is 2. The number of nitrogens with zero attached hydrogens (tertiary/aromatic N) is 3. The molecule has 0 aromatic heterocycles. The molecular weight excluding hydrogens is 394 g/mol. The summed E-state index contributed by atoms with van der Waals surface area (Å²) in [4.78, 5) is 35.3. The third-order valence-electron chi connectivity index (χ3n) is 5.04. The number of aromatic hydroxyl groups is 1. The number of amides is 2. The van der Waals surface area contributed by atoms with E-state index in [-0.39, 0.29) is 41.0 Å². The molecule has 1 aromatic carbocycles. The van der Waals surface area contributed by atoms with Crippen molar-refractivity contribution in [2.75, 3.05) is 0 Å². The van der Waals surface area contributed by atoms with Gasteiger partial charge in [0.1, 0.15) is 0 Å². The van der Waals surface area contributed by atoms with Crippen LogP contribution in [0.15, 0.2) is 33.9 Å². The number of phenols is 1. The Morgan fingerprint density at radius 3 is 2.40 bits per heavy atom. The topological polar surface area (TPSA) is 113 Å². The van der Waals surface area contributed by atoms with Crippen molar-refractivity contribution >= 4 is 39.6 Å². The zero-order chi connectivity index (χ0) is 17.9. The fourth-order valence-corrected chi connectivity index (χ4v) is 4.43. The lowest BCUT2D eigenvalue weighted by Gasteiger charge is -2.13. The number of nitro groups is 1. The Balaban J connectivity index is 1.64. The minimum Gasteiger partial charge on any atom is -0.502 e. The number of hydrogen-bond acceptors (Lipinski definition) is 6. The van der Waals surface area contributed by atoms with Gasteiger partial charge < -0.3 is 5.11 Å². The van der Waals surface area contributed by atoms with Crippen LogP contribution in [0.3, 0.4) is 0 Å². The number of benzene rings is 1. The number of nitro benzene ring substituents is 1. The molecule has 1 aromatic rings. The van der Waals surface area contributed by atoms with Crippen LogP contribution in [0.2, 0.25) is 0 Å². The van der Waals surface area contributed by atoms with Crippen molar-refractivity contribution in [2.24, 2.45) is 28.8 Å². The third kappa shape index (κ3) is 2.30. The lowest BCUT2D eigenvalue weighted by Crippen LogP contribution is -2.28. The van der Waals surface area contributed by atoms with Crippen LogP contribution < -0.4 is 0 Å². The molecule has 2 fully saturated rings. The Kier molecular flexibility index (Phi) is 3.50. The second-order valence-corrected chi connectivity index (χ2v) is 7.27. The standard InChI is InChI=1S/C16H12BrN3O5/c17-10-4-9(14(21)11(5-10)20(24)25)6-18-19-15(22)12-7-1-2-8(3-7)13(12)16(19)23/h1-2,4-8,12-13,21H,3H2/b18-6-/t7-,8-,12-,13+/m1/s1. The molecular formula is C16H12BrN3O5. The van der Waals surface area contributed by atoms with Gasteiger partial charge in [0.2, 0.25) is 5.75 Å². The van der Waals surface area contributed by atoms with Gasteiger partial charge in [0, 0.05) is 16.1 Å². The zero-order valence-corrected chi connectivity index (χ0v) is 14.3. The highest BCUT2D eigenvalue weighted by molar-refractivity contribution is 9.10. The summed E-state index contributed by atoms with van der Waals surface area (Å²) in [5.41, 5.74) is -0.450. The molecule has 1 N–H and O–H groups in total. The summed E-state index contributed by atoms with van der Waals surface area (Å²) in [6, 6.07) is 2.58. The molecule has 128 valence electrons. The highest BCUT2D eigenvalue weighted by Gasteiger charge is 2.59. The second kappa shape index (κ2) is 5.48. The highest BCUT2D eigenvalue weighted by Crippen LogP contribution is 2.52. The molecule has 0 unspecified atom stereocenters. The molecule has 0 spiro atoms. The lowest BCUT2D eigenvalue weighted by molar-refractivity contribution is -0.385. The Labute approximate surface area is 150 Å².